The Kier molecular flexibility index (Phi) is 3.64. The van der Waals surface area contributed by atoms with Crippen molar-refractivity contribution in [1.29, 1.82) is 5.26 Å². The lowest BCUT2D eigenvalue weighted by Gasteiger charge is -2.30. The Hall–Kier alpha value is -0.550. The minimum Gasteiger partial charge on any atom is -0.310 e. The SMILES string of the molecule is CC(CC1CCC1)NC1CCCC1C#N. The zero-order chi connectivity index (χ0) is 10.7. The van der Waals surface area contributed by atoms with Gasteiger partial charge in [-0.15, -0.1) is 0 Å². The second-order valence-electron chi connectivity index (χ2n) is 5.37. The topological polar surface area (TPSA) is 35.8 Å². The van der Waals surface area contributed by atoms with E-state index < -0.39 is 0 Å². The summed E-state index contributed by atoms with van der Waals surface area (Å²) in [6, 6.07) is 3.52. The second-order valence-corrected chi connectivity index (χ2v) is 5.37. The Morgan fingerprint density at radius 2 is 2.00 bits per heavy atom. The summed E-state index contributed by atoms with van der Waals surface area (Å²) in [7, 11) is 0. The zero-order valence-electron chi connectivity index (χ0n) is 9.71. The van der Waals surface area contributed by atoms with E-state index in [2.05, 4.69) is 18.3 Å². The summed E-state index contributed by atoms with van der Waals surface area (Å²) in [6.07, 6.45) is 9.14. The molecule has 0 bridgehead atoms. The summed E-state index contributed by atoms with van der Waals surface area (Å²) in [6.45, 7) is 2.28. The average Bonchev–Trinajstić information content (AvgIpc) is 2.59. The van der Waals surface area contributed by atoms with Crippen molar-refractivity contribution in [2.45, 2.75) is 64.0 Å². The lowest BCUT2D eigenvalue weighted by Crippen LogP contribution is -2.40. The van der Waals surface area contributed by atoms with Crippen LogP contribution in [0.1, 0.15) is 51.9 Å². The van der Waals surface area contributed by atoms with Crippen LogP contribution in [0.5, 0.6) is 0 Å². The number of nitrogens with zero attached hydrogens (tertiary/aromatic N) is 1. The predicted octanol–water partition coefficient (Wildman–Crippen LogP) is 2.85. The molecule has 15 heavy (non-hydrogen) atoms. The van der Waals surface area contributed by atoms with Gasteiger partial charge in [-0.1, -0.05) is 25.7 Å². The summed E-state index contributed by atoms with van der Waals surface area (Å²) in [5, 5.41) is 12.7. The number of nitrogens with one attached hydrogen (secondary N) is 1. The first kappa shape index (κ1) is 11.0. The molecule has 2 aliphatic rings. The molecule has 1 N–H and O–H groups in total. The Balaban J connectivity index is 1.72. The van der Waals surface area contributed by atoms with Crippen molar-refractivity contribution in [3.05, 3.63) is 0 Å². The summed E-state index contributed by atoms with van der Waals surface area (Å²) in [4.78, 5) is 0. The number of hydrogen-bond donors (Lipinski definition) is 1. The molecule has 0 heterocycles. The third kappa shape index (κ3) is 2.72. The highest BCUT2D eigenvalue weighted by atomic mass is 15.0. The molecule has 0 radical (unpaired) electrons. The van der Waals surface area contributed by atoms with E-state index in [1.165, 1.54) is 38.5 Å². The van der Waals surface area contributed by atoms with Gasteiger partial charge in [0.1, 0.15) is 0 Å². The van der Waals surface area contributed by atoms with Crippen LogP contribution < -0.4 is 5.32 Å². The predicted molar refractivity (Wildman–Crippen MR) is 61.3 cm³/mol. The Bertz CT molecular complexity index is 239. The smallest absolute Gasteiger partial charge is 0.0672 e. The fraction of sp³-hybridized carbons (Fsp3) is 0.923. The van der Waals surface area contributed by atoms with E-state index in [-0.39, 0.29) is 5.92 Å². The molecule has 0 aliphatic heterocycles. The molecule has 3 atom stereocenters. The van der Waals surface area contributed by atoms with Crippen LogP contribution in [0.2, 0.25) is 0 Å². The Morgan fingerprint density at radius 3 is 2.60 bits per heavy atom. The van der Waals surface area contributed by atoms with Crippen molar-refractivity contribution in [1.82, 2.24) is 5.32 Å². The van der Waals surface area contributed by atoms with Crippen LogP contribution in [0.4, 0.5) is 0 Å². The standard InChI is InChI=1S/C13H22N2/c1-10(8-11-4-2-5-11)15-13-7-3-6-12(13)9-14/h10-13,15H,2-8H2,1H3. The van der Waals surface area contributed by atoms with E-state index in [1.54, 1.807) is 0 Å². The molecule has 2 nitrogen and oxygen atoms in total. The molecule has 0 aromatic carbocycles. The van der Waals surface area contributed by atoms with Crippen LogP contribution in [0.3, 0.4) is 0 Å². The van der Waals surface area contributed by atoms with Gasteiger partial charge in [0.15, 0.2) is 0 Å². The molecule has 2 heteroatoms. The van der Waals surface area contributed by atoms with Gasteiger partial charge >= 0.3 is 0 Å². The fourth-order valence-corrected chi connectivity index (χ4v) is 2.98. The normalized spacial score (nSPS) is 33.3. The molecule has 3 unspecified atom stereocenters. The average molecular weight is 206 g/mol. The van der Waals surface area contributed by atoms with Gasteiger partial charge in [-0.05, 0) is 32.1 Å². The number of nitriles is 1. The molecule has 0 aromatic heterocycles. The largest absolute Gasteiger partial charge is 0.310 e. The van der Waals surface area contributed by atoms with E-state index in [1.807, 2.05) is 0 Å². The summed E-state index contributed by atoms with van der Waals surface area (Å²) in [5.74, 6) is 1.24. The van der Waals surface area contributed by atoms with Crippen molar-refractivity contribution in [2.24, 2.45) is 11.8 Å². The molecule has 2 rings (SSSR count). The minimum absolute atomic E-state index is 0.272. The third-order valence-electron chi connectivity index (χ3n) is 4.09. The summed E-state index contributed by atoms with van der Waals surface area (Å²) < 4.78 is 0. The van der Waals surface area contributed by atoms with Crippen LogP contribution in [-0.2, 0) is 0 Å². The van der Waals surface area contributed by atoms with E-state index >= 15 is 0 Å². The van der Waals surface area contributed by atoms with Crippen molar-refractivity contribution < 1.29 is 0 Å². The molecule has 0 amide bonds. The van der Waals surface area contributed by atoms with Gasteiger partial charge in [-0.25, -0.2) is 0 Å². The molecule has 2 aliphatic carbocycles. The second kappa shape index (κ2) is 4.99. The highest BCUT2D eigenvalue weighted by Crippen LogP contribution is 2.31. The van der Waals surface area contributed by atoms with E-state index in [4.69, 9.17) is 5.26 Å². The summed E-state index contributed by atoms with van der Waals surface area (Å²) in [5.41, 5.74) is 0. The van der Waals surface area contributed by atoms with Gasteiger partial charge in [0, 0.05) is 12.1 Å². The van der Waals surface area contributed by atoms with Gasteiger partial charge in [0.05, 0.1) is 12.0 Å². The molecule has 2 fully saturated rings. The number of rotatable bonds is 4. The highest BCUT2D eigenvalue weighted by Gasteiger charge is 2.29. The van der Waals surface area contributed by atoms with Crippen LogP contribution in [-0.4, -0.2) is 12.1 Å². The number of hydrogen-bond acceptors (Lipinski definition) is 2. The van der Waals surface area contributed by atoms with Crippen LogP contribution in [0.25, 0.3) is 0 Å². The van der Waals surface area contributed by atoms with E-state index in [0.29, 0.717) is 12.1 Å². The summed E-state index contributed by atoms with van der Waals surface area (Å²) >= 11 is 0. The molecule has 2 saturated carbocycles. The van der Waals surface area contributed by atoms with Crippen LogP contribution in [0.15, 0.2) is 0 Å². The van der Waals surface area contributed by atoms with Gasteiger partial charge < -0.3 is 5.32 Å². The van der Waals surface area contributed by atoms with Crippen molar-refractivity contribution in [2.75, 3.05) is 0 Å². The van der Waals surface area contributed by atoms with Crippen LogP contribution in [0, 0.1) is 23.2 Å². The maximum Gasteiger partial charge on any atom is 0.0672 e. The van der Waals surface area contributed by atoms with Crippen molar-refractivity contribution >= 4 is 0 Å². The Morgan fingerprint density at radius 1 is 1.27 bits per heavy atom. The molecule has 0 saturated heterocycles. The van der Waals surface area contributed by atoms with Gasteiger partial charge in [0.2, 0.25) is 0 Å². The quantitative estimate of drug-likeness (QED) is 0.767. The third-order valence-corrected chi connectivity index (χ3v) is 4.09. The van der Waals surface area contributed by atoms with Crippen LogP contribution >= 0.6 is 0 Å². The van der Waals surface area contributed by atoms with Crippen molar-refractivity contribution in [3.63, 3.8) is 0 Å². The first-order chi connectivity index (χ1) is 7.29. The Labute approximate surface area is 93.0 Å². The lowest BCUT2D eigenvalue weighted by atomic mass is 9.81. The van der Waals surface area contributed by atoms with Gasteiger partial charge in [-0.3, -0.25) is 0 Å². The highest BCUT2D eigenvalue weighted by molar-refractivity contribution is 4.97. The van der Waals surface area contributed by atoms with Gasteiger partial charge in [0.25, 0.3) is 0 Å². The van der Waals surface area contributed by atoms with E-state index in [9.17, 15) is 0 Å². The molecular weight excluding hydrogens is 184 g/mol. The molecular formula is C13H22N2. The zero-order valence-corrected chi connectivity index (χ0v) is 9.71. The maximum atomic E-state index is 9.00. The molecule has 0 spiro atoms. The van der Waals surface area contributed by atoms with E-state index in [0.717, 1.165) is 12.3 Å². The minimum atomic E-state index is 0.272. The van der Waals surface area contributed by atoms with Gasteiger partial charge in [-0.2, -0.15) is 5.26 Å². The van der Waals surface area contributed by atoms with Crippen molar-refractivity contribution in [3.8, 4) is 6.07 Å². The first-order valence-corrected chi connectivity index (χ1v) is 6.45. The maximum absolute atomic E-state index is 9.00. The first-order valence-electron chi connectivity index (χ1n) is 6.45. The fourth-order valence-electron chi connectivity index (χ4n) is 2.98. The molecule has 0 aromatic rings. The monoisotopic (exact) mass is 206 g/mol. The lowest BCUT2D eigenvalue weighted by molar-refractivity contribution is 0.253. The molecule has 84 valence electrons.